The fraction of sp³-hybridized carbons (Fsp3) is 0.538. The van der Waals surface area contributed by atoms with Crippen LogP contribution in [0.15, 0.2) is 30.3 Å². The van der Waals surface area contributed by atoms with Crippen LogP contribution in [-0.2, 0) is 6.42 Å². The highest BCUT2D eigenvalue weighted by Crippen LogP contribution is 2.20. The van der Waals surface area contributed by atoms with Crippen LogP contribution in [0, 0.1) is 0 Å². The summed E-state index contributed by atoms with van der Waals surface area (Å²) in [7, 11) is 0. The summed E-state index contributed by atoms with van der Waals surface area (Å²) >= 11 is 0. The fourth-order valence-corrected chi connectivity index (χ4v) is 1.75. The van der Waals surface area contributed by atoms with E-state index in [0.29, 0.717) is 19.0 Å². The van der Waals surface area contributed by atoms with Crippen LogP contribution in [0.4, 0.5) is 0 Å². The highest BCUT2D eigenvalue weighted by Gasteiger charge is 2.26. The van der Waals surface area contributed by atoms with Crippen molar-refractivity contribution in [2.75, 3.05) is 6.54 Å². The van der Waals surface area contributed by atoms with Gasteiger partial charge in [0.2, 0.25) is 0 Å². The normalized spacial score (nSPS) is 19.9. The number of aliphatic hydroxyl groups is 1. The minimum absolute atomic E-state index is 0.635. The molecule has 1 aliphatic rings. The third kappa shape index (κ3) is 3.65. The lowest BCUT2D eigenvalue weighted by Crippen LogP contribution is -2.40. The molecule has 0 heterocycles. The Kier molecular flexibility index (Phi) is 3.08. The summed E-state index contributed by atoms with van der Waals surface area (Å²) in [4.78, 5) is 0. The molecule has 1 aliphatic carbocycles. The predicted octanol–water partition coefficient (Wildman–Crippen LogP) is 1.73. The van der Waals surface area contributed by atoms with E-state index in [4.69, 9.17) is 0 Å². The standard InChI is InChI=1S/C13H19NO/c1-13(15,10-14-12-7-8-12)9-11-5-3-2-4-6-11/h2-6,12,14-15H,7-10H2,1H3. The van der Waals surface area contributed by atoms with Crippen molar-refractivity contribution in [2.45, 2.75) is 37.8 Å². The molecule has 15 heavy (non-hydrogen) atoms. The van der Waals surface area contributed by atoms with Gasteiger partial charge in [-0.25, -0.2) is 0 Å². The molecular weight excluding hydrogens is 186 g/mol. The number of nitrogens with one attached hydrogen (secondary N) is 1. The van der Waals surface area contributed by atoms with Gasteiger partial charge in [0.15, 0.2) is 0 Å². The quantitative estimate of drug-likeness (QED) is 0.767. The number of rotatable bonds is 5. The van der Waals surface area contributed by atoms with Gasteiger partial charge in [0, 0.05) is 19.0 Å². The van der Waals surface area contributed by atoms with Gasteiger partial charge in [-0.2, -0.15) is 0 Å². The van der Waals surface area contributed by atoms with Gasteiger partial charge in [-0.1, -0.05) is 30.3 Å². The summed E-state index contributed by atoms with van der Waals surface area (Å²) in [6.07, 6.45) is 3.25. The molecule has 0 radical (unpaired) electrons. The second-order valence-electron chi connectivity index (χ2n) is 4.81. The van der Waals surface area contributed by atoms with Crippen molar-refractivity contribution in [1.82, 2.24) is 5.32 Å². The average Bonchev–Trinajstić information content (AvgIpc) is 2.99. The first-order valence-electron chi connectivity index (χ1n) is 5.65. The van der Waals surface area contributed by atoms with Crippen molar-refractivity contribution >= 4 is 0 Å². The van der Waals surface area contributed by atoms with E-state index in [0.717, 1.165) is 0 Å². The maximum atomic E-state index is 10.2. The monoisotopic (exact) mass is 205 g/mol. The first kappa shape index (κ1) is 10.7. The SMILES string of the molecule is CC(O)(CNC1CC1)Cc1ccccc1. The minimum atomic E-state index is -0.635. The Morgan fingerprint density at radius 1 is 1.33 bits per heavy atom. The second kappa shape index (κ2) is 4.33. The van der Waals surface area contributed by atoms with Gasteiger partial charge in [-0.05, 0) is 25.3 Å². The summed E-state index contributed by atoms with van der Waals surface area (Å²) < 4.78 is 0. The first-order chi connectivity index (χ1) is 7.16. The van der Waals surface area contributed by atoms with Crippen LogP contribution in [-0.4, -0.2) is 23.3 Å². The Hall–Kier alpha value is -0.860. The molecule has 2 nitrogen and oxygen atoms in total. The van der Waals surface area contributed by atoms with E-state index in [-0.39, 0.29) is 0 Å². The molecule has 1 aromatic rings. The number of hydrogen-bond acceptors (Lipinski definition) is 2. The third-order valence-electron chi connectivity index (χ3n) is 2.78. The predicted molar refractivity (Wildman–Crippen MR) is 61.8 cm³/mol. The van der Waals surface area contributed by atoms with Crippen LogP contribution in [0.1, 0.15) is 25.3 Å². The van der Waals surface area contributed by atoms with Crippen LogP contribution in [0.3, 0.4) is 0 Å². The Morgan fingerprint density at radius 3 is 2.60 bits per heavy atom. The number of benzene rings is 1. The molecule has 1 aromatic carbocycles. The molecule has 0 aromatic heterocycles. The first-order valence-corrected chi connectivity index (χ1v) is 5.65. The second-order valence-corrected chi connectivity index (χ2v) is 4.81. The largest absolute Gasteiger partial charge is 0.389 e. The summed E-state index contributed by atoms with van der Waals surface area (Å²) in [6, 6.07) is 10.8. The summed E-state index contributed by atoms with van der Waals surface area (Å²) in [6.45, 7) is 2.59. The zero-order valence-electron chi connectivity index (χ0n) is 9.24. The zero-order valence-corrected chi connectivity index (χ0v) is 9.24. The van der Waals surface area contributed by atoms with Crippen molar-refractivity contribution in [3.8, 4) is 0 Å². The summed E-state index contributed by atoms with van der Waals surface area (Å²) in [5.74, 6) is 0. The molecule has 1 unspecified atom stereocenters. The lowest BCUT2D eigenvalue weighted by Gasteiger charge is -2.23. The van der Waals surface area contributed by atoms with E-state index in [1.807, 2.05) is 25.1 Å². The molecule has 2 rings (SSSR count). The third-order valence-corrected chi connectivity index (χ3v) is 2.78. The number of hydrogen-bond donors (Lipinski definition) is 2. The lowest BCUT2D eigenvalue weighted by atomic mass is 9.96. The van der Waals surface area contributed by atoms with Gasteiger partial charge in [0.1, 0.15) is 0 Å². The molecule has 1 saturated carbocycles. The zero-order chi connectivity index (χ0) is 10.7. The maximum Gasteiger partial charge on any atom is 0.0783 e. The van der Waals surface area contributed by atoms with Crippen LogP contribution < -0.4 is 5.32 Å². The van der Waals surface area contributed by atoms with Crippen molar-refractivity contribution in [3.05, 3.63) is 35.9 Å². The molecule has 82 valence electrons. The molecule has 2 heteroatoms. The lowest BCUT2D eigenvalue weighted by molar-refractivity contribution is 0.0597. The average molecular weight is 205 g/mol. The minimum Gasteiger partial charge on any atom is -0.389 e. The summed E-state index contributed by atoms with van der Waals surface area (Å²) in [5, 5.41) is 13.5. The van der Waals surface area contributed by atoms with Crippen molar-refractivity contribution in [2.24, 2.45) is 0 Å². The van der Waals surface area contributed by atoms with Crippen LogP contribution in [0.25, 0.3) is 0 Å². The van der Waals surface area contributed by atoms with E-state index < -0.39 is 5.60 Å². The molecule has 0 amide bonds. The fourth-order valence-electron chi connectivity index (χ4n) is 1.75. The van der Waals surface area contributed by atoms with E-state index in [1.165, 1.54) is 18.4 Å². The Morgan fingerprint density at radius 2 is 2.00 bits per heavy atom. The van der Waals surface area contributed by atoms with Gasteiger partial charge < -0.3 is 10.4 Å². The Labute approximate surface area is 91.3 Å². The van der Waals surface area contributed by atoms with Crippen molar-refractivity contribution < 1.29 is 5.11 Å². The van der Waals surface area contributed by atoms with Gasteiger partial charge in [0.05, 0.1) is 5.60 Å². The van der Waals surface area contributed by atoms with Gasteiger partial charge in [-0.3, -0.25) is 0 Å². The molecule has 0 spiro atoms. The van der Waals surface area contributed by atoms with Gasteiger partial charge in [-0.15, -0.1) is 0 Å². The Bertz CT molecular complexity index is 304. The Balaban J connectivity index is 1.85. The smallest absolute Gasteiger partial charge is 0.0783 e. The molecule has 1 fully saturated rings. The van der Waals surface area contributed by atoms with E-state index >= 15 is 0 Å². The van der Waals surface area contributed by atoms with E-state index in [1.54, 1.807) is 0 Å². The van der Waals surface area contributed by atoms with Crippen LogP contribution >= 0.6 is 0 Å². The van der Waals surface area contributed by atoms with Gasteiger partial charge >= 0.3 is 0 Å². The topological polar surface area (TPSA) is 32.3 Å². The molecule has 0 aliphatic heterocycles. The molecule has 1 atom stereocenters. The summed E-state index contributed by atoms with van der Waals surface area (Å²) in [5.41, 5.74) is 0.560. The molecule has 0 saturated heterocycles. The van der Waals surface area contributed by atoms with Crippen LogP contribution in [0.2, 0.25) is 0 Å². The van der Waals surface area contributed by atoms with Crippen molar-refractivity contribution in [1.29, 1.82) is 0 Å². The molecular formula is C13H19NO. The molecule has 0 bridgehead atoms. The highest BCUT2D eigenvalue weighted by atomic mass is 16.3. The molecule has 2 N–H and O–H groups in total. The highest BCUT2D eigenvalue weighted by molar-refractivity contribution is 5.16. The van der Waals surface area contributed by atoms with Crippen LogP contribution in [0.5, 0.6) is 0 Å². The van der Waals surface area contributed by atoms with E-state index in [2.05, 4.69) is 17.4 Å². The van der Waals surface area contributed by atoms with Gasteiger partial charge in [0.25, 0.3) is 0 Å². The van der Waals surface area contributed by atoms with E-state index in [9.17, 15) is 5.11 Å². The maximum absolute atomic E-state index is 10.2. The van der Waals surface area contributed by atoms with Crippen molar-refractivity contribution in [3.63, 3.8) is 0 Å².